The Morgan fingerprint density at radius 2 is 1.67 bits per heavy atom. The topological polar surface area (TPSA) is 79.3 Å². The van der Waals surface area contributed by atoms with Gasteiger partial charge in [-0.3, -0.25) is 9.59 Å². The Balaban J connectivity index is 2.14. The van der Waals surface area contributed by atoms with Gasteiger partial charge in [0, 0.05) is 23.1 Å². The number of halogens is 1. The van der Waals surface area contributed by atoms with Crippen LogP contribution in [0.4, 0.5) is 0 Å². The predicted molar refractivity (Wildman–Crippen MR) is 130 cm³/mol. The Morgan fingerprint density at radius 1 is 1.03 bits per heavy atom. The summed E-state index contributed by atoms with van der Waals surface area (Å²) in [6.45, 7) is 6.74. The molecule has 0 bridgehead atoms. The van der Waals surface area contributed by atoms with Gasteiger partial charge in [-0.15, -0.1) is 0 Å². The molecule has 1 saturated heterocycles. The van der Waals surface area contributed by atoms with Gasteiger partial charge in [-0.2, -0.15) is 0 Å². The van der Waals surface area contributed by atoms with Gasteiger partial charge in [-0.05, 0) is 42.9 Å². The summed E-state index contributed by atoms with van der Waals surface area (Å²) in [6.07, 6.45) is 0. The second kappa shape index (κ2) is 10.9. The number of aliphatic hydroxyl groups is 1. The summed E-state index contributed by atoms with van der Waals surface area (Å²) < 4.78 is 11.6. The fourth-order valence-electron chi connectivity index (χ4n) is 4.03. The molecule has 1 aliphatic heterocycles. The highest BCUT2D eigenvalue weighted by molar-refractivity contribution is 9.10. The number of aliphatic hydroxyl groups excluding tert-OH is 1. The normalized spacial score (nSPS) is 17.6. The molecule has 176 valence electrons. The van der Waals surface area contributed by atoms with Gasteiger partial charge in [0.05, 0.1) is 25.8 Å². The molecule has 1 fully saturated rings. The highest BCUT2D eigenvalue weighted by atomic mass is 79.9. The second-order valence-corrected chi connectivity index (χ2v) is 8.56. The van der Waals surface area contributed by atoms with Gasteiger partial charge >= 0.3 is 0 Å². The van der Waals surface area contributed by atoms with E-state index in [0.717, 1.165) is 17.6 Å². The maximum Gasteiger partial charge on any atom is 0.295 e. The van der Waals surface area contributed by atoms with E-state index in [1.54, 1.807) is 49.6 Å². The molecule has 8 heteroatoms. The second-order valence-electron chi connectivity index (χ2n) is 7.64. The molecule has 1 N–H and O–H groups in total. The van der Waals surface area contributed by atoms with Crippen molar-refractivity contribution in [3.8, 4) is 11.5 Å². The van der Waals surface area contributed by atoms with Gasteiger partial charge in [0.2, 0.25) is 0 Å². The van der Waals surface area contributed by atoms with E-state index < -0.39 is 17.7 Å². The fraction of sp³-hybridized carbons (Fsp3) is 0.360. The first-order chi connectivity index (χ1) is 15.9. The van der Waals surface area contributed by atoms with Gasteiger partial charge in [-0.1, -0.05) is 48.0 Å². The lowest BCUT2D eigenvalue weighted by Gasteiger charge is -2.28. The molecular formula is C25H29BrN2O5. The average molecular weight is 517 g/mol. The molecule has 1 atom stereocenters. The smallest absolute Gasteiger partial charge is 0.295 e. The van der Waals surface area contributed by atoms with Gasteiger partial charge in [0.25, 0.3) is 11.7 Å². The highest BCUT2D eigenvalue weighted by Gasteiger charge is 2.46. The Morgan fingerprint density at radius 3 is 2.24 bits per heavy atom. The van der Waals surface area contributed by atoms with Gasteiger partial charge < -0.3 is 24.4 Å². The quantitative estimate of drug-likeness (QED) is 0.305. The molecule has 1 unspecified atom stereocenters. The van der Waals surface area contributed by atoms with Crippen molar-refractivity contribution < 1.29 is 24.2 Å². The van der Waals surface area contributed by atoms with E-state index in [1.165, 1.54) is 12.0 Å². The number of amides is 1. The molecule has 2 aromatic rings. The standard InChI is InChI=1S/C25H29BrN2O5/c1-5-27(6-2)13-14-28-22(17-9-12-19(32-3)20(15-17)33-4)21(24(30)25(28)31)23(29)16-7-10-18(26)11-8-16/h7-12,15,22,29H,5-6,13-14H2,1-4H3. The third kappa shape index (κ3) is 5.07. The molecule has 0 aliphatic carbocycles. The van der Waals surface area contributed by atoms with E-state index in [0.29, 0.717) is 35.7 Å². The van der Waals surface area contributed by atoms with Gasteiger partial charge in [0.1, 0.15) is 5.76 Å². The van der Waals surface area contributed by atoms with Crippen LogP contribution in [0.2, 0.25) is 0 Å². The van der Waals surface area contributed by atoms with Crippen molar-refractivity contribution in [1.29, 1.82) is 0 Å². The molecular weight excluding hydrogens is 488 g/mol. The van der Waals surface area contributed by atoms with Crippen LogP contribution in [-0.2, 0) is 9.59 Å². The average Bonchev–Trinajstić information content (AvgIpc) is 3.09. The molecule has 33 heavy (non-hydrogen) atoms. The number of likely N-dealkylation sites (tertiary alicyclic amines) is 1. The minimum atomic E-state index is -0.746. The zero-order chi connectivity index (χ0) is 24.1. The van der Waals surface area contributed by atoms with Crippen molar-refractivity contribution in [1.82, 2.24) is 9.80 Å². The maximum atomic E-state index is 13.2. The summed E-state index contributed by atoms with van der Waals surface area (Å²) in [6, 6.07) is 11.5. The van der Waals surface area contributed by atoms with Crippen molar-refractivity contribution in [3.63, 3.8) is 0 Å². The van der Waals surface area contributed by atoms with Crippen molar-refractivity contribution in [2.24, 2.45) is 0 Å². The SMILES string of the molecule is CCN(CC)CCN1C(=O)C(=O)C(=C(O)c2ccc(Br)cc2)C1c1ccc(OC)c(OC)c1. The Kier molecular flexibility index (Phi) is 8.15. The van der Waals surface area contributed by atoms with Gasteiger partial charge in [0.15, 0.2) is 11.5 Å². The number of carbonyl (C=O) groups excluding carboxylic acids is 2. The van der Waals surface area contributed by atoms with Crippen molar-refractivity contribution in [2.75, 3.05) is 40.4 Å². The Hall–Kier alpha value is -2.84. The van der Waals surface area contributed by atoms with Crippen LogP contribution in [0.3, 0.4) is 0 Å². The minimum absolute atomic E-state index is 0.0640. The first kappa shape index (κ1) is 24.8. The summed E-state index contributed by atoms with van der Waals surface area (Å²) >= 11 is 3.38. The summed E-state index contributed by atoms with van der Waals surface area (Å²) in [5.74, 6) is -0.511. The van der Waals surface area contributed by atoms with E-state index in [-0.39, 0.29) is 11.3 Å². The number of hydrogen-bond acceptors (Lipinski definition) is 6. The third-order valence-corrected chi connectivity index (χ3v) is 6.46. The number of hydrogen-bond donors (Lipinski definition) is 1. The summed E-state index contributed by atoms with van der Waals surface area (Å²) in [7, 11) is 3.07. The van der Waals surface area contributed by atoms with E-state index >= 15 is 0 Å². The summed E-state index contributed by atoms with van der Waals surface area (Å²) in [5, 5.41) is 11.1. The number of carbonyl (C=O) groups is 2. The summed E-state index contributed by atoms with van der Waals surface area (Å²) in [4.78, 5) is 30.0. The maximum absolute atomic E-state index is 13.2. The van der Waals surface area contributed by atoms with E-state index in [9.17, 15) is 14.7 Å². The number of rotatable bonds is 9. The molecule has 0 radical (unpaired) electrons. The van der Waals surface area contributed by atoms with Crippen molar-refractivity contribution in [3.05, 3.63) is 63.6 Å². The van der Waals surface area contributed by atoms with Crippen molar-refractivity contribution >= 4 is 33.4 Å². The van der Waals surface area contributed by atoms with E-state index in [2.05, 4.69) is 34.7 Å². The fourth-order valence-corrected chi connectivity index (χ4v) is 4.30. The van der Waals surface area contributed by atoms with E-state index in [4.69, 9.17) is 9.47 Å². The molecule has 0 aromatic heterocycles. The van der Waals surface area contributed by atoms with Crippen LogP contribution >= 0.6 is 15.9 Å². The first-order valence-electron chi connectivity index (χ1n) is 10.8. The lowest BCUT2D eigenvalue weighted by atomic mass is 9.95. The summed E-state index contributed by atoms with van der Waals surface area (Å²) in [5.41, 5.74) is 1.18. The monoisotopic (exact) mass is 516 g/mol. The largest absolute Gasteiger partial charge is 0.507 e. The molecule has 2 aromatic carbocycles. The zero-order valence-corrected chi connectivity index (χ0v) is 20.9. The van der Waals surface area contributed by atoms with Crippen LogP contribution in [-0.4, -0.2) is 67.0 Å². The van der Waals surface area contributed by atoms with Crippen LogP contribution in [0.15, 0.2) is 52.5 Å². The number of benzene rings is 2. The number of Topliss-reactive ketones (excluding diaryl/α,β-unsaturated/α-hetero) is 1. The number of ketones is 1. The number of methoxy groups -OCH3 is 2. The van der Waals surface area contributed by atoms with Gasteiger partial charge in [-0.25, -0.2) is 0 Å². The predicted octanol–water partition coefficient (Wildman–Crippen LogP) is 4.23. The third-order valence-electron chi connectivity index (χ3n) is 5.93. The molecule has 3 rings (SSSR count). The molecule has 1 amide bonds. The number of nitrogens with zero attached hydrogens (tertiary/aromatic N) is 2. The molecule has 7 nitrogen and oxygen atoms in total. The van der Waals surface area contributed by atoms with Crippen LogP contribution in [0, 0.1) is 0 Å². The van der Waals surface area contributed by atoms with Crippen LogP contribution in [0.1, 0.15) is 31.0 Å². The van der Waals surface area contributed by atoms with Crippen LogP contribution in [0.25, 0.3) is 5.76 Å². The molecule has 0 spiro atoms. The van der Waals surface area contributed by atoms with Crippen molar-refractivity contribution in [2.45, 2.75) is 19.9 Å². The number of ether oxygens (including phenoxy) is 2. The molecule has 1 heterocycles. The molecule has 0 saturated carbocycles. The zero-order valence-electron chi connectivity index (χ0n) is 19.3. The Bertz CT molecular complexity index is 1050. The van der Waals surface area contributed by atoms with Crippen LogP contribution < -0.4 is 9.47 Å². The first-order valence-corrected chi connectivity index (χ1v) is 11.6. The lowest BCUT2D eigenvalue weighted by Crippen LogP contribution is -2.38. The van der Waals surface area contributed by atoms with E-state index in [1.807, 2.05) is 0 Å². The lowest BCUT2D eigenvalue weighted by molar-refractivity contribution is -0.140. The Labute approximate surface area is 202 Å². The number of likely N-dealkylation sites (N-methyl/N-ethyl adjacent to an activating group) is 1. The minimum Gasteiger partial charge on any atom is -0.507 e. The molecule has 1 aliphatic rings. The highest BCUT2D eigenvalue weighted by Crippen LogP contribution is 2.41. The van der Waals surface area contributed by atoms with Crippen LogP contribution in [0.5, 0.6) is 11.5 Å².